The minimum Gasteiger partial charge on any atom is -0.454 e. The van der Waals surface area contributed by atoms with Crippen molar-refractivity contribution in [2.24, 2.45) is 0 Å². The van der Waals surface area contributed by atoms with Crippen molar-refractivity contribution >= 4 is 23.0 Å². The predicted molar refractivity (Wildman–Crippen MR) is 123 cm³/mol. The number of amides is 1. The number of fused-ring (bicyclic) bond motifs is 1. The number of likely N-dealkylation sites (tertiary alicyclic amines) is 1. The molecule has 1 aliphatic rings. The summed E-state index contributed by atoms with van der Waals surface area (Å²) in [6, 6.07) is 21.5. The molecule has 0 bridgehead atoms. The van der Waals surface area contributed by atoms with Crippen LogP contribution < -0.4 is 0 Å². The summed E-state index contributed by atoms with van der Waals surface area (Å²) in [7, 11) is 0. The Bertz CT molecular complexity index is 1300. The molecule has 158 valence electrons. The van der Waals surface area contributed by atoms with Gasteiger partial charge in [0.05, 0.1) is 5.69 Å². The Morgan fingerprint density at radius 3 is 2.53 bits per heavy atom. The van der Waals surface area contributed by atoms with Crippen LogP contribution in [-0.2, 0) is 4.79 Å². The number of nitrogens with zero attached hydrogens (tertiary/aromatic N) is 4. The van der Waals surface area contributed by atoms with Crippen LogP contribution in [0.3, 0.4) is 0 Å². The number of rotatable bonds is 4. The molecule has 1 saturated heterocycles. The van der Waals surface area contributed by atoms with Crippen LogP contribution in [0.2, 0.25) is 0 Å². The fourth-order valence-electron chi connectivity index (χ4n) is 4.06. The van der Waals surface area contributed by atoms with Crippen LogP contribution in [0.15, 0.2) is 76.9 Å². The fraction of sp³-hybridized carbons (Fsp3) is 0.192. The molecule has 0 radical (unpaired) electrons. The van der Waals surface area contributed by atoms with Gasteiger partial charge in [-0.15, -0.1) is 0 Å². The number of hydrogen-bond donors (Lipinski definition) is 0. The third-order valence-corrected chi connectivity index (χ3v) is 5.72. The first-order chi connectivity index (χ1) is 15.7. The molecule has 0 spiro atoms. The number of carbonyl (C=O) groups is 1. The van der Waals surface area contributed by atoms with Gasteiger partial charge in [-0.1, -0.05) is 36.4 Å². The molecule has 3 heterocycles. The highest BCUT2D eigenvalue weighted by Crippen LogP contribution is 2.31. The molecule has 1 fully saturated rings. The molecular weight excluding hydrogens is 400 g/mol. The third kappa shape index (κ3) is 3.81. The van der Waals surface area contributed by atoms with Crippen LogP contribution in [0.5, 0.6) is 0 Å². The summed E-state index contributed by atoms with van der Waals surface area (Å²) in [6.45, 7) is 1.38. The maximum absolute atomic E-state index is 13.0. The van der Waals surface area contributed by atoms with E-state index in [4.69, 9.17) is 9.52 Å². The molecule has 0 saturated carbocycles. The highest BCUT2D eigenvalue weighted by molar-refractivity contribution is 6.02. The molecule has 0 atom stereocenters. The van der Waals surface area contributed by atoms with E-state index in [2.05, 4.69) is 6.07 Å². The largest absolute Gasteiger partial charge is 0.454 e. The van der Waals surface area contributed by atoms with Gasteiger partial charge in [-0.05, 0) is 49.6 Å². The molecule has 0 N–H and O–H groups in total. The SMILES string of the molecule is N#CC(=Cc1cn(-c2ccccc2)nc1-c1cc2ccccc2o1)C(=O)N1CCCCC1. The van der Waals surface area contributed by atoms with Crippen molar-refractivity contribution in [2.75, 3.05) is 13.1 Å². The first kappa shape index (κ1) is 19.8. The van der Waals surface area contributed by atoms with E-state index in [-0.39, 0.29) is 11.5 Å². The molecule has 5 rings (SSSR count). The lowest BCUT2D eigenvalue weighted by molar-refractivity contribution is -0.127. The Labute approximate surface area is 186 Å². The zero-order valence-electron chi connectivity index (χ0n) is 17.6. The van der Waals surface area contributed by atoms with Crippen molar-refractivity contribution in [1.82, 2.24) is 14.7 Å². The van der Waals surface area contributed by atoms with Crippen molar-refractivity contribution in [2.45, 2.75) is 19.3 Å². The van der Waals surface area contributed by atoms with Crippen molar-refractivity contribution in [3.05, 3.63) is 78.0 Å². The lowest BCUT2D eigenvalue weighted by atomic mass is 10.1. The molecule has 1 aliphatic heterocycles. The molecule has 4 aromatic rings. The summed E-state index contributed by atoms with van der Waals surface area (Å²) >= 11 is 0. The Kier molecular flexibility index (Phi) is 5.30. The first-order valence-corrected chi connectivity index (χ1v) is 10.8. The summed E-state index contributed by atoms with van der Waals surface area (Å²) in [5.41, 5.74) is 3.00. The maximum Gasteiger partial charge on any atom is 0.264 e. The second-order valence-corrected chi connectivity index (χ2v) is 7.88. The lowest BCUT2D eigenvalue weighted by Gasteiger charge is -2.26. The van der Waals surface area contributed by atoms with Crippen LogP contribution in [0.4, 0.5) is 0 Å². The van der Waals surface area contributed by atoms with Gasteiger partial charge in [0.15, 0.2) is 5.76 Å². The number of piperidine rings is 1. The number of nitriles is 1. The minimum atomic E-state index is -0.227. The fourth-order valence-corrected chi connectivity index (χ4v) is 4.06. The summed E-state index contributed by atoms with van der Waals surface area (Å²) in [5, 5.41) is 15.5. The van der Waals surface area contributed by atoms with Crippen molar-refractivity contribution in [1.29, 1.82) is 5.26 Å². The van der Waals surface area contributed by atoms with Crippen LogP contribution in [-0.4, -0.2) is 33.7 Å². The molecular formula is C26H22N4O2. The highest BCUT2D eigenvalue weighted by Gasteiger charge is 2.22. The average molecular weight is 422 g/mol. The van der Waals surface area contributed by atoms with Gasteiger partial charge in [0.2, 0.25) is 0 Å². The second-order valence-electron chi connectivity index (χ2n) is 7.88. The molecule has 6 nitrogen and oxygen atoms in total. The van der Waals surface area contributed by atoms with E-state index < -0.39 is 0 Å². The molecule has 0 unspecified atom stereocenters. The Morgan fingerprint density at radius 2 is 1.78 bits per heavy atom. The van der Waals surface area contributed by atoms with Gasteiger partial charge in [0.1, 0.15) is 22.9 Å². The smallest absolute Gasteiger partial charge is 0.264 e. The van der Waals surface area contributed by atoms with Gasteiger partial charge in [-0.25, -0.2) is 4.68 Å². The number of aromatic nitrogens is 2. The third-order valence-electron chi connectivity index (χ3n) is 5.72. The van der Waals surface area contributed by atoms with Gasteiger partial charge in [0, 0.05) is 30.2 Å². The van der Waals surface area contributed by atoms with Gasteiger partial charge in [-0.3, -0.25) is 4.79 Å². The number of furan rings is 1. The van der Waals surface area contributed by atoms with E-state index in [1.165, 1.54) is 0 Å². The van der Waals surface area contributed by atoms with Crippen LogP contribution in [0.1, 0.15) is 24.8 Å². The van der Waals surface area contributed by atoms with Crippen LogP contribution in [0, 0.1) is 11.3 Å². The molecule has 32 heavy (non-hydrogen) atoms. The van der Waals surface area contributed by atoms with Gasteiger partial charge >= 0.3 is 0 Å². The maximum atomic E-state index is 13.0. The molecule has 2 aromatic carbocycles. The Hall–Kier alpha value is -4.11. The summed E-state index contributed by atoms with van der Waals surface area (Å²) in [4.78, 5) is 14.7. The highest BCUT2D eigenvalue weighted by atomic mass is 16.3. The number of para-hydroxylation sites is 2. The van der Waals surface area contributed by atoms with Gasteiger partial charge in [0.25, 0.3) is 5.91 Å². The van der Waals surface area contributed by atoms with E-state index in [0.717, 1.165) is 35.9 Å². The van der Waals surface area contributed by atoms with Crippen LogP contribution >= 0.6 is 0 Å². The Balaban J connectivity index is 1.61. The summed E-state index contributed by atoms with van der Waals surface area (Å²) in [5.74, 6) is 0.366. The van der Waals surface area contributed by atoms with E-state index in [1.807, 2.05) is 66.9 Å². The quantitative estimate of drug-likeness (QED) is 0.334. The van der Waals surface area contributed by atoms with Crippen molar-refractivity contribution in [3.8, 4) is 23.2 Å². The minimum absolute atomic E-state index is 0.108. The molecule has 6 heteroatoms. The standard InChI is InChI=1S/C26H22N4O2/c27-17-20(26(31)29-13-7-2-8-14-29)15-21-18-30(22-10-3-1-4-11-22)28-25(21)24-16-19-9-5-6-12-23(19)32-24/h1,3-6,9-12,15-16,18H,2,7-8,13-14H2. The number of benzene rings is 2. The molecule has 0 aliphatic carbocycles. The summed E-state index contributed by atoms with van der Waals surface area (Å²) < 4.78 is 7.80. The zero-order chi connectivity index (χ0) is 21.9. The van der Waals surface area contributed by atoms with Crippen molar-refractivity contribution < 1.29 is 9.21 Å². The van der Waals surface area contributed by atoms with Crippen molar-refractivity contribution in [3.63, 3.8) is 0 Å². The topological polar surface area (TPSA) is 75.1 Å². The van der Waals surface area contributed by atoms with E-state index in [0.29, 0.717) is 30.1 Å². The number of hydrogen-bond acceptors (Lipinski definition) is 4. The predicted octanol–water partition coefficient (Wildman–Crippen LogP) is 5.20. The van der Waals surface area contributed by atoms with E-state index >= 15 is 0 Å². The Morgan fingerprint density at radius 1 is 1.03 bits per heavy atom. The number of carbonyl (C=O) groups excluding carboxylic acids is 1. The normalized spacial score (nSPS) is 14.5. The van der Waals surface area contributed by atoms with E-state index in [9.17, 15) is 10.1 Å². The first-order valence-electron chi connectivity index (χ1n) is 10.8. The monoisotopic (exact) mass is 422 g/mol. The van der Waals surface area contributed by atoms with Crippen LogP contribution in [0.25, 0.3) is 34.2 Å². The molecule has 1 amide bonds. The summed E-state index contributed by atoms with van der Waals surface area (Å²) in [6.07, 6.45) is 6.53. The molecule has 2 aromatic heterocycles. The average Bonchev–Trinajstić information content (AvgIpc) is 3.47. The van der Waals surface area contributed by atoms with E-state index in [1.54, 1.807) is 15.7 Å². The lowest BCUT2D eigenvalue weighted by Crippen LogP contribution is -2.36. The second kappa shape index (κ2) is 8.56. The van der Waals surface area contributed by atoms with Gasteiger partial charge in [-0.2, -0.15) is 10.4 Å². The zero-order valence-corrected chi connectivity index (χ0v) is 17.6. The van der Waals surface area contributed by atoms with Gasteiger partial charge < -0.3 is 9.32 Å².